The van der Waals surface area contributed by atoms with E-state index < -0.39 is 16.1 Å². The first-order valence-electron chi connectivity index (χ1n) is 9.78. The normalized spacial score (nSPS) is 14.7. The number of nitrogens with one attached hydrogen (secondary N) is 1. The molecule has 0 unspecified atom stereocenters. The molecule has 1 aliphatic rings. The van der Waals surface area contributed by atoms with Crippen molar-refractivity contribution in [2.24, 2.45) is 0 Å². The Morgan fingerprint density at radius 2 is 1.59 bits per heavy atom. The first-order valence-corrected chi connectivity index (χ1v) is 11.2. The number of hydrogen-bond donors (Lipinski definition) is 1. The zero-order valence-corrected chi connectivity index (χ0v) is 17.7. The van der Waals surface area contributed by atoms with E-state index in [9.17, 15) is 13.2 Å². The number of amides is 1. The van der Waals surface area contributed by atoms with Gasteiger partial charge in [0.2, 0.25) is 5.91 Å². The maximum atomic E-state index is 12.7. The van der Waals surface area contributed by atoms with Crippen LogP contribution in [0.5, 0.6) is 0 Å². The fraction of sp³-hybridized carbons (Fsp3) is 0.381. The average Bonchev–Trinajstić information content (AvgIpc) is 2.73. The maximum Gasteiger partial charge on any atom is 0.304 e. The van der Waals surface area contributed by atoms with Gasteiger partial charge in [0.15, 0.2) is 0 Å². The van der Waals surface area contributed by atoms with Gasteiger partial charge in [-0.25, -0.2) is 4.31 Å². The number of anilines is 3. The summed E-state index contributed by atoms with van der Waals surface area (Å²) in [5.41, 5.74) is 2.23. The summed E-state index contributed by atoms with van der Waals surface area (Å²) in [5, 5.41) is 2.80. The summed E-state index contributed by atoms with van der Waals surface area (Å²) >= 11 is 0. The number of hydrogen-bond acceptors (Lipinski definition) is 4. The number of benzene rings is 2. The Hall–Kier alpha value is -2.58. The number of para-hydroxylation sites is 1. The van der Waals surface area contributed by atoms with Gasteiger partial charge >= 0.3 is 10.2 Å². The standard InChI is InChI=1S/C21H28N4O3S/c1-23(2)29(27,28)25(20-9-5-3-6-10-20)17-21(26)22-18-11-13-19(14-12-18)24-15-7-4-8-16-24/h3,5-6,9-14H,4,7-8,15-17H2,1-2H3,(H,22,26). The molecule has 7 nitrogen and oxygen atoms in total. The van der Waals surface area contributed by atoms with Gasteiger partial charge in [-0.15, -0.1) is 0 Å². The van der Waals surface area contributed by atoms with Crippen molar-refractivity contribution in [3.63, 3.8) is 0 Å². The van der Waals surface area contributed by atoms with E-state index in [1.807, 2.05) is 24.3 Å². The van der Waals surface area contributed by atoms with Crippen LogP contribution in [0.1, 0.15) is 19.3 Å². The lowest BCUT2D eigenvalue weighted by molar-refractivity contribution is -0.114. The van der Waals surface area contributed by atoms with Crippen molar-refractivity contribution >= 4 is 33.2 Å². The zero-order valence-electron chi connectivity index (χ0n) is 16.9. The predicted molar refractivity (Wildman–Crippen MR) is 118 cm³/mol. The van der Waals surface area contributed by atoms with E-state index in [0.29, 0.717) is 11.4 Å². The highest BCUT2D eigenvalue weighted by molar-refractivity contribution is 7.90. The highest BCUT2D eigenvalue weighted by Gasteiger charge is 2.27. The lowest BCUT2D eigenvalue weighted by Gasteiger charge is -2.29. The SMILES string of the molecule is CN(C)S(=O)(=O)N(CC(=O)Nc1ccc(N2CCCCC2)cc1)c1ccccc1. The molecule has 1 fully saturated rings. The van der Waals surface area contributed by atoms with Gasteiger partial charge in [0.05, 0.1) is 5.69 Å². The highest BCUT2D eigenvalue weighted by atomic mass is 32.2. The van der Waals surface area contributed by atoms with E-state index in [2.05, 4.69) is 10.2 Å². The molecule has 0 atom stereocenters. The number of carbonyl (C=O) groups is 1. The van der Waals surface area contributed by atoms with Gasteiger partial charge in [0, 0.05) is 38.6 Å². The van der Waals surface area contributed by atoms with E-state index in [4.69, 9.17) is 0 Å². The van der Waals surface area contributed by atoms with Crippen LogP contribution in [0.25, 0.3) is 0 Å². The van der Waals surface area contributed by atoms with Crippen molar-refractivity contribution < 1.29 is 13.2 Å². The molecule has 1 saturated heterocycles. The van der Waals surface area contributed by atoms with Crippen LogP contribution in [0.15, 0.2) is 54.6 Å². The van der Waals surface area contributed by atoms with Gasteiger partial charge in [-0.3, -0.25) is 4.79 Å². The lowest BCUT2D eigenvalue weighted by atomic mass is 10.1. The number of nitrogens with zero attached hydrogens (tertiary/aromatic N) is 3. The molecule has 3 rings (SSSR count). The minimum Gasteiger partial charge on any atom is -0.372 e. The number of carbonyl (C=O) groups excluding carboxylic acids is 1. The molecular formula is C21H28N4O3S. The van der Waals surface area contributed by atoms with Crippen molar-refractivity contribution in [1.29, 1.82) is 0 Å². The third-order valence-electron chi connectivity index (χ3n) is 4.94. The van der Waals surface area contributed by atoms with Crippen molar-refractivity contribution in [2.75, 3.05) is 48.3 Å². The summed E-state index contributed by atoms with van der Waals surface area (Å²) < 4.78 is 27.6. The summed E-state index contributed by atoms with van der Waals surface area (Å²) in [6, 6.07) is 16.3. The van der Waals surface area contributed by atoms with Crippen molar-refractivity contribution in [1.82, 2.24) is 4.31 Å². The van der Waals surface area contributed by atoms with Gasteiger partial charge < -0.3 is 10.2 Å². The minimum atomic E-state index is -3.80. The minimum absolute atomic E-state index is 0.307. The van der Waals surface area contributed by atoms with E-state index in [1.165, 1.54) is 33.4 Å². The van der Waals surface area contributed by atoms with Crippen LogP contribution in [-0.4, -0.2) is 52.4 Å². The van der Waals surface area contributed by atoms with E-state index in [-0.39, 0.29) is 6.54 Å². The molecule has 0 radical (unpaired) electrons. The van der Waals surface area contributed by atoms with Crippen LogP contribution in [0.3, 0.4) is 0 Å². The third kappa shape index (κ3) is 5.27. The molecule has 1 heterocycles. The van der Waals surface area contributed by atoms with E-state index in [1.54, 1.807) is 30.3 Å². The van der Waals surface area contributed by atoms with Crippen molar-refractivity contribution in [3.8, 4) is 0 Å². The fourth-order valence-corrected chi connectivity index (χ4v) is 4.40. The first-order chi connectivity index (χ1) is 13.9. The molecule has 29 heavy (non-hydrogen) atoms. The molecule has 0 saturated carbocycles. The van der Waals surface area contributed by atoms with E-state index in [0.717, 1.165) is 27.4 Å². The Morgan fingerprint density at radius 1 is 0.966 bits per heavy atom. The topological polar surface area (TPSA) is 73.0 Å². The largest absolute Gasteiger partial charge is 0.372 e. The summed E-state index contributed by atoms with van der Waals surface area (Å²) in [6.07, 6.45) is 3.68. The van der Waals surface area contributed by atoms with Gasteiger partial charge in [0.1, 0.15) is 6.54 Å². The van der Waals surface area contributed by atoms with Crippen molar-refractivity contribution in [3.05, 3.63) is 54.6 Å². The lowest BCUT2D eigenvalue weighted by Crippen LogP contribution is -2.44. The third-order valence-corrected chi connectivity index (χ3v) is 6.76. The summed E-state index contributed by atoms with van der Waals surface area (Å²) in [4.78, 5) is 14.9. The van der Waals surface area contributed by atoms with Crippen LogP contribution >= 0.6 is 0 Å². The Morgan fingerprint density at radius 3 is 2.17 bits per heavy atom. The second-order valence-electron chi connectivity index (χ2n) is 7.28. The van der Waals surface area contributed by atoms with Crippen LogP contribution < -0.4 is 14.5 Å². The Labute approximate surface area is 173 Å². The molecular weight excluding hydrogens is 388 g/mol. The zero-order chi connectivity index (χ0) is 20.9. The molecule has 156 valence electrons. The highest BCUT2D eigenvalue weighted by Crippen LogP contribution is 2.22. The molecule has 1 N–H and O–H groups in total. The number of rotatable bonds is 7. The summed E-state index contributed by atoms with van der Waals surface area (Å²) in [5.74, 6) is -0.398. The van der Waals surface area contributed by atoms with Crippen LogP contribution in [0.2, 0.25) is 0 Å². The fourth-order valence-electron chi connectivity index (χ4n) is 3.34. The molecule has 0 spiro atoms. The van der Waals surface area contributed by atoms with Gasteiger partial charge in [-0.2, -0.15) is 12.7 Å². The molecule has 8 heteroatoms. The number of piperidine rings is 1. The molecule has 1 aliphatic heterocycles. The molecule has 0 aliphatic carbocycles. The summed E-state index contributed by atoms with van der Waals surface area (Å²) in [6.45, 7) is 1.80. The predicted octanol–water partition coefficient (Wildman–Crippen LogP) is 2.93. The average molecular weight is 417 g/mol. The van der Waals surface area contributed by atoms with Crippen LogP contribution in [0, 0.1) is 0 Å². The van der Waals surface area contributed by atoms with Gasteiger partial charge in [-0.1, -0.05) is 18.2 Å². The second-order valence-corrected chi connectivity index (χ2v) is 9.34. The van der Waals surface area contributed by atoms with E-state index >= 15 is 0 Å². The first kappa shape index (κ1) is 21.1. The smallest absolute Gasteiger partial charge is 0.304 e. The van der Waals surface area contributed by atoms with Crippen LogP contribution in [0.4, 0.5) is 17.1 Å². The van der Waals surface area contributed by atoms with Crippen LogP contribution in [-0.2, 0) is 15.0 Å². The summed E-state index contributed by atoms with van der Waals surface area (Å²) in [7, 11) is -0.908. The maximum absolute atomic E-state index is 12.7. The van der Waals surface area contributed by atoms with Crippen molar-refractivity contribution in [2.45, 2.75) is 19.3 Å². The van der Waals surface area contributed by atoms with Gasteiger partial charge in [0.25, 0.3) is 0 Å². The second kappa shape index (κ2) is 9.28. The molecule has 1 amide bonds. The Kier molecular flexibility index (Phi) is 6.76. The monoisotopic (exact) mass is 416 g/mol. The molecule has 2 aromatic carbocycles. The van der Waals surface area contributed by atoms with Gasteiger partial charge in [-0.05, 0) is 55.7 Å². The molecule has 2 aromatic rings. The quantitative estimate of drug-likeness (QED) is 0.753. The Balaban J connectivity index is 1.70. The Bertz CT molecular complexity index is 909. The molecule has 0 bridgehead atoms. The molecule has 0 aromatic heterocycles.